The van der Waals surface area contributed by atoms with Gasteiger partial charge >= 0.3 is 5.69 Å². The van der Waals surface area contributed by atoms with Crippen molar-refractivity contribution in [2.24, 2.45) is 0 Å². The topological polar surface area (TPSA) is 79.4 Å². The van der Waals surface area contributed by atoms with Gasteiger partial charge in [0.2, 0.25) is 0 Å². The third-order valence-corrected chi connectivity index (χ3v) is 3.18. The number of nitrogen functional groups attached to an aromatic ring is 1. The summed E-state index contributed by atoms with van der Waals surface area (Å²) in [5.74, 6) is 0.530. The summed E-state index contributed by atoms with van der Waals surface area (Å²) >= 11 is 5.83. The fourth-order valence-corrected chi connectivity index (χ4v) is 2.32. The molecule has 0 amide bonds. The zero-order chi connectivity index (χ0) is 13.1. The highest BCUT2D eigenvalue weighted by Gasteiger charge is 2.36. The molecule has 1 saturated heterocycles. The van der Waals surface area contributed by atoms with Crippen LogP contribution in [0, 0.1) is 0 Å². The predicted octanol–water partition coefficient (Wildman–Crippen LogP) is 0.757. The first-order chi connectivity index (χ1) is 8.65. The van der Waals surface area contributed by atoms with Crippen molar-refractivity contribution in [2.75, 3.05) is 18.2 Å². The first-order valence-corrected chi connectivity index (χ1v) is 6.36. The van der Waals surface area contributed by atoms with Crippen molar-refractivity contribution in [1.82, 2.24) is 9.55 Å². The molecule has 0 radical (unpaired) electrons. The van der Waals surface area contributed by atoms with E-state index in [9.17, 15) is 4.79 Å². The van der Waals surface area contributed by atoms with E-state index in [1.165, 1.54) is 4.57 Å². The molecule has 6 nitrogen and oxygen atoms in total. The van der Waals surface area contributed by atoms with Gasteiger partial charge in [0.05, 0.1) is 18.1 Å². The van der Waals surface area contributed by atoms with E-state index in [-0.39, 0.29) is 18.0 Å². The van der Waals surface area contributed by atoms with Crippen LogP contribution in [0.15, 0.2) is 17.1 Å². The average molecular weight is 274 g/mol. The van der Waals surface area contributed by atoms with Crippen molar-refractivity contribution in [3.63, 3.8) is 0 Å². The molecule has 2 rings (SSSR count). The van der Waals surface area contributed by atoms with Crippen molar-refractivity contribution >= 4 is 17.4 Å². The molecule has 1 aliphatic rings. The standard InChI is InChI=1S/C11H16ClN3O3/c1-2-17-7-5-10(18-8(7)6-12)15-4-3-9(13)14-11(15)16/h3-4,7-8,10H,2,5-6H2,1H3,(H2,13,14,16)/t7-,8+,10+/m0/s1. The summed E-state index contributed by atoms with van der Waals surface area (Å²) in [5, 5.41) is 0. The third-order valence-electron chi connectivity index (χ3n) is 2.88. The van der Waals surface area contributed by atoms with Crippen molar-refractivity contribution in [3.8, 4) is 0 Å². The number of hydrogen-bond donors (Lipinski definition) is 1. The molecular weight excluding hydrogens is 258 g/mol. The quantitative estimate of drug-likeness (QED) is 0.819. The molecule has 0 unspecified atom stereocenters. The van der Waals surface area contributed by atoms with Crippen molar-refractivity contribution in [2.45, 2.75) is 31.8 Å². The first kappa shape index (κ1) is 13.3. The monoisotopic (exact) mass is 273 g/mol. The van der Waals surface area contributed by atoms with Crippen molar-refractivity contribution in [1.29, 1.82) is 0 Å². The Morgan fingerprint density at radius 2 is 2.50 bits per heavy atom. The van der Waals surface area contributed by atoms with E-state index in [0.717, 1.165) is 0 Å². The van der Waals surface area contributed by atoms with E-state index in [2.05, 4.69) is 4.98 Å². The lowest BCUT2D eigenvalue weighted by Gasteiger charge is -2.15. The molecule has 0 spiro atoms. The second-order valence-electron chi connectivity index (χ2n) is 4.06. The molecule has 100 valence electrons. The van der Waals surface area contributed by atoms with Crippen molar-refractivity contribution < 1.29 is 9.47 Å². The molecule has 1 aromatic rings. The SMILES string of the molecule is CCO[C@H]1C[C@H](n2ccc(N)nc2=O)O[C@@H]1CCl. The minimum Gasteiger partial charge on any atom is -0.383 e. The van der Waals surface area contributed by atoms with Gasteiger partial charge in [0, 0.05) is 19.2 Å². The highest BCUT2D eigenvalue weighted by molar-refractivity contribution is 6.18. The van der Waals surface area contributed by atoms with Crippen LogP contribution in [0.1, 0.15) is 19.6 Å². The lowest BCUT2D eigenvalue weighted by Crippen LogP contribution is -2.27. The Kier molecular flexibility index (Phi) is 4.21. The third kappa shape index (κ3) is 2.66. The molecule has 1 aliphatic heterocycles. The van der Waals surface area contributed by atoms with E-state index in [1.54, 1.807) is 12.3 Å². The van der Waals surface area contributed by atoms with Crippen LogP contribution >= 0.6 is 11.6 Å². The maximum atomic E-state index is 11.7. The second-order valence-corrected chi connectivity index (χ2v) is 4.36. The molecule has 1 fully saturated rings. The van der Waals surface area contributed by atoms with E-state index in [1.807, 2.05) is 6.92 Å². The number of halogens is 1. The summed E-state index contributed by atoms with van der Waals surface area (Å²) in [6.45, 7) is 2.50. The van der Waals surface area contributed by atoms with Crippen LogP contribution in [0.2, 0.25) is 0 Å². The smallest absolute Gasteiger partial charge is 0.351 e. The molecule has 0 aromatic carbocycles. The van der Waals surface area contributed by atoms with Crippen LogP contribution in [0.3, 0.4) is 0 Å². The summed E-state index contributed by atoms with van der Waals surface area (Å²) < 4.78 is 12.7. The summed E-state index contributed by atoms with van der Waals surface area (Å²) in [4.78, 5) is 15.4. The van der Waals surface area contributed by atoms with Crippen LogP contribution in [-0.4, -0.2) is 34.2 Å². The van der Waals surface area contributed by atoms with Crippen molar-refractivity contribution in [3.05, 3.63) is 22.7 Å². The summed E-state index contributed by atoms with van der Waals surface area (Å²) in [5.41, 5.74) is 5.02. The maximum absolute atomic E-state index is 11.7. The highest BCUT2D eigenvalue weighted by Crippen LogP contribution is 2.30. The van der Waals surface area contributed by atoms with Gasteiger partial charge < -0.3 is 15.2 Å². The fraction of sp³-hybridized carbons (Fsp3) is 0.636. The first-order valence-electron chi connectivity index (χ1n) is 5.83. The number of ether oxygens (including phenoxy) is 2. The molecule has 0 aliphatic carbocycles. The fourth-order valence-electron chi connectivity index (χ4n) is 2.04. The van der Waals surface area contributed by atoms with E-state index in [4.69, 9.17) is 26.8 Å². The summed E-state index contributed by atoms with van der Waals surface area (Å²) in [6.07, 6.45) is 1.46. The van der Waals surface area contributed by atoms with Crippen LogP contribution < -0.4 is 11.4 Å². The molecular formula is C11H16ClN3O3. The Balaban J connectivity index is 2.18. The maximum Gasteiger partial charge on any atom is 0.351 e. The van der Waals surface area contributed by atoms with Gasteiger partial charge in [0.1, 0.15) is 12.0 Å². The van der Waals surface area contributed by atoms with E-state index < -0.39 is 11.9 Å². The number of alkyl halides is 1. The molecule has 1 aromatic heterocycles. The van der Waals surface area contributed by atoms with Gasteiger partial charge in [-0.1, -0.05) is 0 Å². The Hall–Kier alpha value is -1.11. The van der Waals surface area contributed by atoms with Crippen LogP contribution in [0.4, 0.5) is 5.82 Å². The summed E-state index contributed by atoms with van der Waals surface area (Å²) in [7, 11) is 0. The lowest BCUT2D eigenvalue weighted by atomic mass is 10.2. The van der Waals surface area contributed by atoms with Gasteiger partial charge in [-0.05, 0) is 13.0 Å². The molecule has 18 heavy (non-hydrogen) atoms. The Bertz CT molecular complexity index is 465. The average Bonchev–Trinajstić information content (AvgIpc) is 2.72. The second kappa shape index (κ2) is 5.69. The lowest BCUT2D eigenvalue weighted by molar-refractivity contribution is -0.0251. The molecule has 0 bridgehead atoms. The number of aromatic nitrogens is 2. The number of hydrogen-bond acceptors (Lipinski definition) is 5. The zero-order valence-electron chi connectivity index (χ0n) is 10.1. The van der Waals surface area contributed by atoms with E-state index >= 15 is 0 Å². The normalized spacial score (nSPS) is 27.6. The van der Waals surface area contributed by atoms with Gasteiger partial charge in [0.15, 0.2) is 0 Å². The largest absolute Gasteiger partial charge is 0.383 e. The Morgan fingerprint density at radius 1 is 1.72 bits per heavy atom. The minimum atomic E-state index is -0.425. The van der Waals surface area contributed by atoms with Gasteiger partial charge in [-0.3, -0.25) is 4.57 Å². The summed E-state index contributed by atoms with van der Waals surface area (Å²) in [6, 6.07) is 1.56. The number of nitrogens with two attached hydrogens (primary N) is 1. The van der Waals surface area contributed by atoms with Crippen LogP contribution in [0.25, 0.3) is 0 Å². The zero-order valence-corrected chi connectivity index (χ0v) is 10.8. The molecule has 0 saturated carbocycles. The van der Waals surface area contributed by atoms with Gasteiger partial charge in [-0.2, -0.15) is 4.98 Å². The molecule has 7 heteroatoms. The number of rotatable bonds is 4. The van der Waals surface area contributed by atoms with Gasteiger partial charge in [-0.25, -0.2) is 4.79 Å². The predicted molar refractivity (Wildman–Crippen MR) is 67.6 cm³/mol. The molecule has 2 N–H and O–H groups in total. The van der Waals surface area contributed by atoms with Gasteiger partial charge in [0.25, 0.3) is 0 Å². The van der Waals surface area contributed by atoms with Gasteiger partial charge in [-0.15, -0.1) is 11.6 Å². The Morgan fingerprint density at radius 3 is 3.11 bits per heavy atom. The van der Waals surface area contributed by atoms with Crippen LogP contribution in [-0.2, 0) is 9.47 Å². The number of nitrogens with zero attached hydrogens (tertiary/aromatic N) is 2. The minimum absolute atomic E-state index is 0.0954. The highest BCUT2D eigenvalue weighted by atomic mass is 35.5. The van der Waals surface area contributed by atoms with Crippen LogP contribution in [0.5, 0.6) is 0 Å². The molecule has 3 atom stereocenters. The number of anilines is 1. The molecule has 2 heterocycles. The Labute approximate surface area is 110 Å². The van der Waals surface area contributed by atoms with E-state index in [0.29, 0.717) is 18.9 Å².